The highest BCUT2D eigenvalue weighted by molar-refractivity contribution is 9.09. The summed E-state index contributed by atoms with van der Waals surface area (Å²) >= 11 is 3.42. The average Bonchev–Trinajstić information content (AvgIpc) is 2.68. The fraction of sp³-hybridized carbons (Fsp3) is 0.250. The normalized spacial score (nSPS) is 10.4. The van der Waals surface area contributed by atoms with Crippen molar-refractivity contribution in [2.45, 2.75) is 13.0 Å². The third kappa shape index (κ3) is 2.05. The summed E-state index contributed by atoms with van der Waals surface area (Å²) < 4.78 is 2.19. The largest absolute Gasteiger partial charge is 0.347 e. The Balaban J connectivity index is 2.43. The molecule has 2 aromatic rings. The maximum Gasteiger partial charge on any atom is 0.0992 e. The fourth-order valence-corrected chi connectivity index (χ4v) is 1.93. The first-order valence-corrected chi connectivity index (χ1v) is 6.02. The zero-order valence-electron chi connectivity index (χ0n) is 8.28. The number of benzene rings is 1. The summed E-state index contributed by atoms with van der Waals surface area (Å²) in [6.45, 7) is 0.990. The van der Waals surface area contributed by atoms with Crippen LogP contribution in [0.1, 0.15) is 12.0 Å². The van der Waals surface area contributed by atoms with E-state index >= 15 is 0 Å². The molecule has 0 unspecified atom stereocenters. The van der Waals surface area contributed by atoms with Gasteiger partial charge in [0.1, 0.15) is 0 Å². The summed E-state index contributed by atoms with van der Waals surface area (Å²) in [4.78, 5) is 0. The Morgan fingerprint density at radius 2 is 2.20 bits per heavy atom. The zero-order valence-corrected chi connectivity index (χ0v) is 9.87. The van der Waals surface area contributed by atoms with Crippen LogP contribution in [0.5, 0.6) is 0 Å². The Morgan fingerprint density at radius 3 is 2.93 bits per heavy atom. The summed E-state index contributed by atoms with van der Waals surface area (Å²) in [5, 5.41) is 11.0. The lowest BCUT2D eigenvalue weighted by molar-refractivity contribution is 0.711. The Kier molecular flexibility index (Phi) is 3.08. The van der Waals surface area contributed by atoms with Gasteiger partial charge in [-0.2, -0.15) is 5.26 Å². The number of nitrogens with zero attached hydrogens (tertiary/aromatic N) is 2. The highest BCUT2D eigenvalue weighted by atomic mass is 79.9. The summed E-state index contributed by atoms with van der Waals surface area (Å²) in [6, 6.07) is 10.1. The van der Waals surface area contributed by atoms with Crippen LogP contribution in [0.4, 0.5) is 0 Å². The second kappa shape index (κ2) is 4.50. The van der Waals surface area contributed by atoms with Crippen molar-refractivity contribution in [2.75, 3.05) is 5.33 Å². The van der Waals surface area contributed by atoms with Crippen molar-refractivity contribution in [1.82, 2.24) is 4.57 Å². The van der Waals surface area contributed by atoms with E-state index < -0.39 is 0 Å². The van der Waals surface area contributed by atoms with Crippen molar-refractivity contribution >= 4 is 26.8 Å². The van der Waals surface area contributed by atoms with Crippen molar-refractivity contribution in [2.24, 2.45) is 0 Å². The smallest absolute Gasteiger partial charge is 0.0992 e. The van der Waals surface area contributed by atoms with E-state index in [1.54, 1.807) is 0 Å². The highest BCUT2D eigenvalue weighted by Gasteiger charge is 2.01. The molecule has 0 N–H and O–H groups in total. The lowest BCUT2D eigenvalue weighted by Crippen LogP contribution is -1.96. The van der Waals surface area contributed by atoms with Gasteiger partial charge in [0.15, 0.2) is 0 Å². The van der Waals surface area contributed by atoms with Crippen LogP contribution in [-0.2, 0) is 6.54 Å². The van der Waals surface area contributed by atoms with E-state index in [4.69, 9.17) is 5.26 Å². The lowest BCUT2D eigenvalue weighted by Gasteiger charge is -2.03. The Morgan fingerprint density at radius 1 is 1.33 bits per heavy atom. The summed E-state index contributed by atoms with van der Waals surface area (Å²) in [5.74, 6) is 0. The van der Waals surface area contributed by atoms with Gasteiger partial charge >= 0.3 is 0 Å². The van der Waals surface area contributed by atoms with E-state index in [2.05, 4.69) is 38.8 Å². The molecule has 1 heterocycles. The van der Waals surface area contributed by atoms with Crippen LogP contribution in [0.25, 0.3) is 10.9 Å². The highest BCUT2D eigenvalue weighted by Crippen LogP contribution is 2.17. The maximum absolute atomic E-state index is 8.83. The van der Waals surface area contributed by atoms with Crippen molar-refractivity contribution in [3.05, 3.63) is 36.0 Å². The van der Waals surface area contributed by atoms with Crippen LogP contribution < -0.4 is 0 Å². The van der Waals surface area contributed by atoms with Crippen molar-refractivity contribution < 1.29 is 0 Å². The molecule has 0 fully saturated rings. The van der Waals surface area contributed by atoms with Gasteiger partial charge in [-0.15, -0.1) is 0 Å². The van der Waals surface area contributed by atoms with Crippen LogP contribution in [0.15, 0.2) is 30.5 Å². The minimum Gasteiger partial charge on any atom is -0.347 e. The van der Waals surface area contributed by atoms with Gasteiger partial charge in [0.05, 0.1) is 11.6 Å². The third-order valence-corrected chi connectivity index (χ3v) is 3.00. The Bertz CT molecular complexity index is 508. The Labute approximate surface area is 97.3 Å². The molecule has 0 amide bonds. The number of nitriles is 1. The molecular formula is C12H11BrN2. The van der Waals surface area contributed by atoms with Gasteiger partial charge in [0, 0.05) is 23.6 Å². The molecule has 0 saturated carbocycles. The zero-order chi connectivity index (χ0) is 10.7. The molecule has 0 spiro atoms. The molecule has 0 atom stereocenters. The molecule has 0 radical (unpaired) electrons. The van der Waals surface area contributed by atoms with E-state index in [0.717, 1.165) is 29.4 Å². The number of hydrogen-bond donors (Lipinski definition) is 0. The SMILES string of the molecule is N#Cc1ccc2ccn(CCCBr)c2c1. The van der Waals surface area contributed by atoms with Gasteiger partial charge in [-0.25, -0.2) is 0 Å². The number of hydrogen-bond acceptors (Lipinski definition) is 1. The molecule has 1 aromatic heterocycles. The molecule has 2 nitrogen and oxygen atoms in total. The van der Waals surface area contributed by atoms with E-state index in [0.29, 0.717) is 0 Å². The van der Waals surface area contributed by atoms with Crippen molar-refractivity contribution in [3.8, 4) is 6.07 Å². The van der Waals surface area contributed by atoms with E-state index in [1.807, 2.05) is 18.2 Å². The van der Waals surface area contributed by atoms with E-state index in [-0.39, 0.29) is 0 Å². The van der Waals surface area contributed by atoms with Gasteiger partial charge in [0.2, 0.25) is 0 Å². The molecule has 3 heteroatoms. The monoisotopic (exact) mass is 262 g/mol. The molecule has 0 aliphatic rings. The van der Waals surface area contributed by atoms with Crippen LogP contribution >= 0.6 is 15.9 Å². The summed E-state index contributed by atoms with van der Waals surface area (Å²) in [6.07, 6.45) is 3.18. The topological polar surface area (TPSA) is 28.7 Å². The molecule has 1 aromatic carbocycles. The minimum atomic E-state index is 0.723. The maximum atomic E-state index is 8.83. The number of alkyl halides is 1. The number of aromatic nitrogens is 1. The van der Waals surface area contributed by atoms with Gasteiger partial charge in [-0.3, -0.25) is 0 Å². The second-order valence-electron chi connectivity index (χ2n) is 3.44. The molecule has 2 rings (SSSR count). The molecule has 0 aliphatic heterocycles. The molecule has 76 valence electrons. The predicted molar refractivity (Wildman–Crippen MR) is 65.1 cm³/mol. The van der Waals surface area contributed by atoms with Gasteiger partial charge in [0.25, 0.3) is 0 Å². The van der Waals surface area contributed by atoms with Crippen molar-refractivity contribution in [3.63, 3.8) is 0 Å². The first-order chi connectivity index (χ1) is 7.35. The number of fused-ring (bicyclic) bond motifs is 1. The van der Waals surface area contributed by atoms with Crippen LogP contribution in [-0.4, -0.2) is 9.90 Å². The number of rotatable bonds is 3. The third-order valence-electron chi connectivity index (χ3n) is 2.44. The molecule has 0 aliphatic carbocycles. The first kappa shape index (κ1) is 10.3. The van der Waals surface area contributed by atoms with Crippen LogP contribution in [0.3, 0.4) is 0 Å². The van der Waals surface area contributed by atoms with E-state index in [9.17, 15) is 0 Å². The van der Waals surface area contributed by atoms with Gasteiger partial charge < -0.3 is 4.57 Å². The standard InChI is InChI=1S/C12H11BrN2/c13-5-1-6-15-7-4-11-3-2-10(9-14)8-12(11)15/h2-4,7-8H,1,5-6H2. The Hall–Kier alpha value is -1.27. The fourth-order valence-electron chi connectivity index (χ4n) is 1.68. The molecule has 0 bridgehead atoms. The summed E-state index contributed by atoms with van der Waals surface area (Å²) in [5.41, 5.74) is 1.87. The predicted octanol–water partition coefficient (Wildman–Crippen LogP) is 3.30. The molecule has 0 saturated heterocycles. The minimum absolute atomic E-state index is 0.723. The quantitative estimate of drug-likeness (QED) is 0.781. The first-order valence-electron chi connectivity index (χ1n) is 4.90. The van der Waals surface area contributed by atoms with Crippen molar-refractivity contribution in [1.29, 1.82) is 5.26 Å². The number of halogens is 1. The molecule has 15 heavy (non-hydrogen) atoms. The lowest BCUT2D eigenvalue weighted by atomic mass is 10.2. The van der Waals surface area contributed by atoms with Gasteiger partial charge in [-0.1, -0.05) is 22.0 Å². The molecular weight excluding hydrogens is 252 g/mol. The summed E-state index contributed by atoms with van der Waals surface area (Å²) in [7, 11) is 0. The van der Waals surface area contributed by atoms with Gasteiger partial charge in [-0.05, 0) is 30.0 Å². The average molecular weight is 263 g/mol. The van der Waals surface area contributed by atoms with E-state index in [1.165, 1.54) is 5.39 Å². The second-order valence-corrected chi connectivity index (χ2v) is 4.23. The van der Waals surface area contributed by atoms with Crippen LogP contribution in [0.2, 0.25) is 0 Å². The number of aryl methyl sites for hydroxylation is 1. The van der Waals surface area contributed by atoms with Crippen LogP contribution in [0, 0.1) is 11.3 Å².